The molecule has 0 fully saturated rings. The summed E-state index contributed by atoms with van der Waals surface area (Å²) in [7, 11) is 0. The molecule has 0 bridgehead atoms. The molecule has 0 saturated carbocycles. The average molecular weight is 256 g/mol. The number of hydrogen-bond donors (Lipinski definition) is 1. The maximum atomic E-state index is 11.1. The molecule has 84 valence electrons. The quantitative estimate of drug-likeness (QED) is 0.673. The van der Waals surface area contributed by atoms with Gasteiger partial charge in [0.2, 0.25) is 0 Å². The molecule has 0 aliphatic carbocycles. The van der Waals surface area contributed by atoms with Gasteiger partial charge in [-0.05, 0) is 42.1 Å². The van der Waals surface area contributed by atoms with Crippen LogP contribution in [0.5, 0.6) is 0 Å². The van der Waals surface area contributed by atoms with Crippen LogP contribution in [-0.4, -0.2) is 5.37 Å². The van der Waals surface area contributed by atoms with E-state index in [1.165, 1.54) is 11.3 Å². The van der Waals surface area contributed by atoms with Gasteiger partial charge in [-0.25, -0.2) is 0 Å². The Bertz CT molecular complexity index is 430. The molecule has 16 heavy (non-hydrogen) atoms. The summed E-state index contributed by atoms with van der Waals surface area (Å²) in [4.78, 5) is 12.0. The number of nitrogens with one attached hydrogen (secondary N) is 1. The number of carbonyl (C=O) groups is 1. The minimum Gasteiger partial charge on any atom is -0.466 e. The van der Waals surface area contributed by atoms with Crippen LogP contribution in [0.3, 0.4) is 0 Å². The van der Waals surface area contributed by atoms with Gasteiger partial charge in [-0.15, -0.1) is 11.3 Å². The molecule has 0 aliphatic heterocycles. The zero-order valence-electron chi connectivity index (χ0n) is 8.57. The van der Waals surface area contributed by atoms with Gasteiger partial charge in [0.05, 0.1) is 6.26 Å². The summed E-state index contributed by atoms with van der Waals surface area (Å²) in [5.74, 6) is 0.656. The summed E-state index contributed by atoms with van der Waals surface area (Å²) in [6.45, 7) is 1.86. The molecule has 2 rings (SSSR count). The summed E-state index contributed by atoms with van der Waals surface area (Å²) in [5.41, 5.74) is -0.712. The zero-order chi connectivity index (χ0) is 11.6. The Balaban J connectivity index is 2.45. The first-order valence-electron chi connectivity index (χ1n) is 4.68. The Morgan fingerprint density at radius 1 is 1.50 bits per heavy atom. The Kier molecular flexibility index (Phi) is 3.03. The SMILES string of the molecule is CC(NC(=O)Cl)(c1ccco1)c1cccs1. The van der Waals surface area contributed by atoms with Crippen LogP contribution in [0.2, 0.25) is 0 Å². The summed E-state index contributed by atoms with van der Waals surface area (Å²) in [6.07, 6.45) is 1.57. The molecule has 0 spiro atoms. The van der Waals surface area contributed by atoms with Crippen LogP contribution in [0.15, 0.2) is 40.3 Å². The van der Waals surface area contributed by atoms with E-state index in [9.17, 15) is 4.79 Å². The summed E-state index contributed by atoms with van der Waals surface area (Å²) in [6, 6.07) is 7.44. The molecule has 2 aromatic heterocycles. The largest absolute Gasteiger partial charge is 0.466 e. The fourth-order valence-corrected chi connectivity index (χ4v) is 2.60. The van der Waals surface area contributed by atoms with Gasteiger partial charge in [-0.1, -0.05) is 6.07 Å². The van der Waals surface area contributed by atoms with E-state index < -0.39 is 10.9 Å². The van der Waals surface area contributed by atoms with E-state index in [-0.39, 0.29) is 0 Å². The number of hydrogen-bond acceptors (Lipinski definition) is 3. The number of thiophene rings is 1. The van der Waals surface area contributed by atoms with Crippen molar-refractivity contribution in [2.75, 3.05) is 0 Å². The van der Waals surface area contributed by atoms with E-state index in [1.54, 1.807) is 12.3 Å². The predicted octanol–water partition coefficient (Wildman–Crippen LogP) is 3.55. The maximum absolute atomic E-state index is 11.1. The third-order valence-corrected chi connectivity index (χ3v) is 3.56. The molecule has 2 heterocycles. The molecule has 2 aromatic rings. The van der Waals surface area contributed by atoms with Crippen molar-refractivity contribution in [2.45, 2.75) is 12.5 Å². The van der Waals surface area contributed by atoms with E-state index in [2.05, 4.69) is 5.32 Å². The summed E-state index contributed by atoms with van der Waals surface area (Å²) in [5, 5.41) is 4.04. The molecule has 1 unspecified atom stereocenters. The van der Waals surface area contributed by atoms with Crippen LogP contribution in [0.4, 0.5) is 4.79 Å². The van der Waals surface area contributed by atoms with Crippen molar-refractivity contribution in [2.24, 2.45) is 0 Å². The fourth-order valence-electron chi connectivity index (χ4n) is 1.57. The van der Waals surface area contributed by atoms with Crippen molar-refractivity contribution >= 4 is 28.3 Å². The van der Waals surface area contributed by atoms with E-state index in [0.29, 0.717) is 5.76 Å². The zero-order valence-corrected chi connectivity index (χ0v) is 10.1. The van der Waals surface area contributed by atoms with Gasteiger partial charge in [0.1, 0.15) is 11.3 Å². The molecule has 3 nitrogen and oxygen atoms in total. The third-order valence-electron chi connectivity index (χ3n) is 2.38. The Hall–Kier alpha value is -1.26. The molecule has 1 atom stereocenters. The number of furan rings is 1. The minimum atomic E-state index is -0.712. The monoisotopic (exact) mass is 255 g/mol. The lowest BCUT2D eigenvalue weighted by atomic mass is 9.97. The molecular weight excluding hydrogens is 246 g/mol. The highest BCUT2D eigenvalue weighted by molar-refractivity contribution is 7.10. The molecule has 1 amide bonds. The highest BCUT2D eigenvalue weighted by Crippen LogP contribution is 2.32. The normalized spacial score (nSPS) is 14.4. The molecule has 0 radical (unpaired) electrons. The average Bonchev–Trinajstić information content (AvgIpc) is 2.91. The van der Waals surface area contributed by atoms with Crippen LogP contribution < -0.4 is 5.32 Å². The number of rotatable bonds is 3. The minimum absolute atomic E-state index is 0.604. The van der Waals surface area contributed by atoms with Gasteiger partial charge >= 0.3 is 5.37 Å². The summed E-state index contributed by atoms with van der Waals surface area (Å²) >= 11 is 6.95. The number of halogens is 1. The van der Waals surface area contributed by atoms with Gasteiger partial charge in [-0.3, -0.25) is 4.79 Å². The van der Waals surface area contributed by atoms with Gasteiger partial charge in [0.25, 0.3) is 0 Å². The first kappa shape index (κ1) is 11.2. The Labute approximate surface area is 102 Å². The lowest BCUT2D eigenvalue weighted by molar-refractivity contribution is 0.248. The maximum Gasteiger partial charge on any atom is 0.314 e. The van der Waals surface area contributed by atoms with Crippen molar-refractivity contribution in [3.63, 3.8) is 0 Å². The topological polar surface area (TPSA) is 42.2 Å². The third kappa shape index (κ3) is 1.99. The first-order valence-corrected chi connectivity index (χ1v) is 5.94. The van der Waals surface area contributed by atoms with Crippen molar-refractivity contribution in [3.8, 4) is 0 Å². The first-order chi connectivity index (χ1) is 7.63. The van der Waals surface area contributed by atoms with Crippen molar-refractivity contribution in [1.82, 2.24) is 5.32 Å². The molecule has 1 N–H and O–H groups in total. The van der Waals surface area contributed by atoms with Gasteiger partial charge in [0.15, 0.2) is 0 Å². The van der Waals surface area contributed by atoms with Crippen molar-refractivity contribution in [1.29, 1.82) is 0 Å². The standard InChI is InChI=1S/C11H10ClNO2S/c1-11(13-10(12)14,8-4-2-6-15-8)9-5-3-7-16-9/h2-7H,1H3,(H,13,14). The highest BCUT2D eigenvalue weighted by atomic mass is 35.5. The van der Waals surface area contributed by atoms with E-state index >= 15 is 0 Å². The van der Waals surface area contributed by atoms with Gasteiger partial charge < -0.3 is 9.73 Å². The van der Waals surface area contributed by atoms with Crippen molar-refractivity contribution in [3.05, 3.63) is 46.5 Å². The lowest BCUT2D eigenvalue weighted by Crippen LogP contribution is -2.41. The van der Waals surface area contributed by atoms with E-state index in [1.807, 2.05) is 30.5 Å². The van der Waals surface area contributed by atoms with Gasteiger partial charge in [0, 0.05) is 4.88 Å². The Morgan fingerprint density at radius 3 is 2.81 bits per heavy atom. The number of carbonyl (C=O) groups excluding carboxylic acids is 1. The van der Waals surface area contributed by atoms with Gasteiger partial charge in [-0.2, -0.15) is 0 Å². The second-order valence-corrected chi connectivity index (χ2v) is 4.77. The second kappa shape index (κ2) is 4.31. The molecule has 5 heteroatoms. The predicted molar refractivity (Wildman–Crippen MR) is 63.9 cm³/mol. The fraction of sp³-hybridized carbons (Fsp3) is 0.182. The van der Waals surface area contributed by atoms with Crippen LogP contribution in [0, 0.1) is 0 Å². The smallest absolute Gasteiger partial charge is 0.314 e. The van der Waals surface area contributed by atoms with Crippen LogP contribution in [-0.2, 0) is 5.54 Å². The van der Waals surface area contributed by atoms with Crippen LogP contribution >= 0.6 is 22.9 Å². The van der Waals surface area contributed by atoms with Crippen molar-refractivity contribution < 1.29 is 9.21 Å². The summed E-state index contributed by atoms with van der Waals surface area (Å²) < 4.78 is 5.36. The number of amides is 1. The molecule has 0 aromatic carbocycles. The van der Waals surface area contributed by atoms with Crippen LogP contribution in [0.25, 0.3) is 0 Å². The highest BCUT2D eigenvalue weighted by Gasteiger charge is 2.34. The van der Waals surface area contributed by atoms with E-state index in [0.717, 1.165) is 4.88 Å². The molecule has 0 aliphatic rings. The lowest BCUT2D eigenvalue weighted by Gasteiger charge is -2.26. The Morgan fingerprint density at radius 2 is 2.31 bits per heavy atom. The van der Waals surface area contributed by atoms with Crippen LogP contribution in [0.1, 0.15) is 17.6 Å². The molecular formula is C11H10ClNO2S. The van der Waals surface area contributed by atoms with E-state index in [4.69, 9.17) is 16.0 Å². The molecule has 0 saturated heterocycles. The second-order valence-electron chi connectivity index (χ2n) is 3.48.